The summed E-state index contributed by atoms with van der Waals surface area (Å²) in [5, 5.41) is 15.4. The van der Waals surface area contributed by atoms with Gasteiger partial charge in [-0.15, -0.1) is 0 Å². The Kier molecular flexibility index (Phi) is 6.45. The highest BCUT2D eigenvalue weighted by Crippen LogP contribution is 2.34. The van der Waals surface area contributed by atoms with E-state index in [0.29, 0.717) is 37.3 Å². The van der Waals surface area contributed by atoms with Crippen LogP contribution in [0.15, 0.2) is 24.0 Å². The first-order chi connectivity index (χ1) is 15.0. The second-order valence-corrected chi connectivity index (χ2v) is 8.99. The monoisotopic (exact) mass is 420 g/mol. The number of aromatic nitrogens is 1. The first-order valence-electron chi connectivity index (χ1n) is 11.2. The van der Waals surface area contributed by atoms with Gasteiger partial charge in [-0.05, 0) is 54.9 Å². The van der Waals surface area contributed by atoms with Crippen LogP contribution in [0.5, 0.6) is 0 Å². The summed E-state index contributed by atoms with van der Waals surface area (Å²) in [6.07, 6.45) is 10.7. The molecule has 2 heterocycles. The Morgan fingerprint density at radius 1 is 1.29 bits per heavy atom. The molecule has 3 atom stereocenters. The lowest BCUT2D eigenvalue weighted by Gasteiger charge is -2.24. The van der Waals surface area contributed by atoms with Crippen LogP contribution in [-0.4, -0.2) is 35.2 Å². The molecule has 0 unspecified atom stereocenters. The molecule has 4 rings (SSSR count). The molecule has 162 valence electrons. The van der Waals surface area contributed by atoms with E-state index in [1.54, 1.807) is 12.4 Å². The fraction of sp³-hybridized carbons (Fsp3) is 0.542. The smallest absolute Gasteiger partial charge is 0.248 e. The van der Waals surface area contributed by atoms with Gasteiger partial charge < -0.3 is 10.6 Å². The number of nitrogens with one attached hydrogen (secondary N) is 2. The molecular formula is C24H28N4O3. The Balaban J connectivity index is 1.37. The zero-order chi connectivity index (χ0) is 21.8. The summed E-state index contributed by atoms with van der Waals surface area (Å²) in [6.45, 7) is 0.677. The number of ketones is 1. The molecule has 1 aromatic rings. The van der Waals surface area contributed by atoms with Gasteiger partial charge in [0.05, 0.1) is 18.0 Å². The number of pyridine rings is 1. The molecule has 0 aromatic carbocycles. The van der Waals surface area contributed by atoms with Crippen LogP contribution in [0.2, 0.25) is 0 Å². The molecule has 0 spiro atoms. The van der Waals surface area contributed by atoms with Crippen molar-refractivity contribution in [2.24, 2.45) is 17.8 Å². The van der Waals surface area contributed by atoms with Crippen LogP contribution in [0.25, 0.3) is 6.08 Å². The van der Waals surface area contributed by atoms with Crippen molar-refractivity contribution in [2.45, 2.75) is 57.4 Å². The minimum atomic E-state index is -0.584. The molecule has 0 radical (unpaired) electrons. The molecule has 2 aliphatic carbocycles. The van der Waals surface area contributed by atoms with Gasteiger partial charge in [-0.3, -0.25) is 19.4 Å². The van der Waals surface area contributed by atoms with E-state index in [1.807, 2.05) is 12.1 Å². The van der Waals surface area contributed by atoms with Crippen molar-refractivity contribution in [2.75, 3.05) is 6.54 Å². The third-order valence-electron chi connectivity index (χ3n) is 6.51. The Bertz CT molecular complexity index is 944. The Morgan fingerprint density at radius 3 is 2.84 bits per heavy atom. The van der Waals surface area contributed by atoms with Crippen LogP contribution in [0.1, 0.15) is 56.1 Å². The maximum Gasteiger partial charge on any atom is 0.248 e. The van der Waals surface area contributed by atoms with Crippen LogP contribution in [0.3, 0.4) is 0 Å². The molecular weight excluding hydrogens is 392 g/mol. The van der Waals surface area contributed by atoms with E-state index in [9.17, 15) is 19.6 Å². The van der Waals surface area contributed by atoms with Gasteiger partial charge in [-0.1, -0.05) is 12.8 Å². The molecule has 31 heavy (non-hydrogen) atoms. The van der Waals surface area contributed by atoms with Crippen molar-refractivity contribution in [1.29, 1.82) is 5.26 Å². The van der Waals surface area contributed by atoms with Crippen LogP contribution in [0, 0.1) is 29.1 Å². The Labute approximate surface area is 182 Å². The topological polar surface area (TPSA) is 112 Å². The van der Waals surface area contributed by atoms with E-state index in [4.69, 9.17) is 0 Å². The van der Waals surface area contributed by atoms with Crippen molar-refractivity contribution < 1.29 is 14.4 Å². The molecule has 0 bridgehead atoms. The van der Waals surface area contributed by atoms with E-state index < -0.39 is 12.0 Å². The van der Waals surface area contributed by atoms with Crippen molar-refractivity contribution >= 4 is 23.7 Å². The lowest BCUT2D eigenvalue weighted by molar-refractivity contribution is -0.128. The average Bonchev–Trinajstić information content (AvgIpc) is 3.48. The first kappa shape index (κ1) is 21.2. The zero-order valence-corrected chi connectivity index (χ0v) is 17.6. The fourth-order valence-corrected chi connectivity index (χ4v) is 4.50. The molecule has 2 fully saturated rings. The highest BCUT2D eigenvalue weighted by molar-refractivity contribution is 6.02. The predicted octanol–water partition coefficient (Wildman–Crippen LogP) is 2.32. The first-order valence-corrected chi connectivity index (χ1v) is 11.2. The van der Waals surface area contributed by atoms with Gasteiger partial charge in [0, 0.05) is 43.3 Å². The minimum Gasteiger partial charge on any atom is -0.356 e. The van der Waals surface area contributed by atoms with E-state index in [0.717, 1.165) is 36.8 Å². The summed E-state index contributed by atoms with van der Waals surface area (Å²) in [5.41, 5.74) is 2.63. The van der Waals surface area contributed by atoms with E-state index >= 15 is 0 Å². The summed E-state index contributed by atoms with van der Waals surface area (Å²) in [7, 11) is 0. The van der Waals surface area contributed by atoms with Gasteiger partial charge in [-0.25, -0.2) is 0 Å². The largest absolute Gasteiger partial charge is 0.356 e. The molecule has 3 aliphatic rings. The summed E-state index contributed by atoms with van der Waals surface area (Å²) >= 11 is 0. The molecule has 7 nitrogen and oxygen atoms in total. The second kappa shape index (κ2) is 9.42. The van der Waals surface area contributed by atoms with E-state index in [-0.39, 0.29) is 29.9 Å². The number of Topliss-reactive ketones (excluding diaryl/α,β-unsaturated/α-hetero) is 1. The van der Waals surface area contributed by atoms with Crippen molar-refractivity contribution in [3.05, 3.63) is 35.2 Å². The van der Waals surface area contributed by atoms with Crippen LogP contribution >= 0.6 is 0 Å². The zero-order valence-electron chi connectivity index (χ0n) is 17.6. The Morgan fingerprint density at radius 2 is 2.13 bits per heavy atom. The van der Waals surface area contributed by atoms with Crippen molar-refractivity contribution in [1.82, 2.24) is 15.6 Å². The molecule has 1 saturated carbocycles. The lowest BCUT2D eigenvalue weighted by atomic mass is 9.85. The van der Waals surface area contributed by atoms with Gasteiger partial charge in [-0.2, -0.15) is 5.26 Å². The number of hydrogen-bond acceptors (Lipinski definition) is 5. The maximum absolute atomic E-state index is 13.1. The van der Waals surface area contributed by atoms with Crippen LogP contribution in [0.4, 0.5) is 0 Å². The molecule has 7 heteroatoms. The van der Waals surface area contributed by atoms with Gasteiger partial charge >= 0.3 is 0 Å². The number of piperidine rings is 1. The molecule has 1 saturated heterocycles. The van der Waals surface area contributed by atoms with Crippen molar-refractivity contribution in [3.8, 4) is 6.07 Å². The van der Waals surface area contributed by atoms with Crippen molar-refractivity contribution in [3.63, 3.8) is 0 Å². The molecule has 2 N–H and O–H groups in total. The number of nitrogens with zero attached hydrogens (tertiary/aromatic N) is 2. The standard InChI is InChI=1S/C24H28N4O3/c25-13-16(8-18-2-1-6-27-23(18)30)10-22(29)21(9-15-3-4-15)28-24(31)19-11-17-5-7-26-14-20(17)12-19/h5,7,12,14-16,18,21H,1-4,6,8-11H2,(H,27,30)(H,28,31)/t16-,18+,21+/m1/s1. The third kappa shape index (κ3) is 5.38. The molecule has 2 amide bonds. The normalized spacial score (nSPS) is 21.8. The Hall–Kier alpha value is -3.01. The number of nitriles is 1. The lowest BCUT2D eigenvalue weighted by Crippen LogP contribution is -2.43. The average molecular weight is 421 g/mol. The molecule has 1 aromatic heterocycles. The number of carbonyl (C=O) groups is 3. The van der Waals surface area contributed by atoms with Gasteiger partial charge in [0.25, 0.3) is 0 Å². The van der Waals surface area contributed by atoms with E-state index in [2.05, 4.69) is 21.7 Å². The van der Waals surface area contributed by atoms with Gasteiger partial charge in [0.2, 0.25) is 11.8 Å². The minimum absolute atomic E-state index is 0.0241. The third-order valence-corrected chi connectivity index (χ3v) is 6.51. The quantitative estimate of drug-likeness (QED) is 0.637. The molecule has 1 aliphatic heterocycles. The number of fused-ring (bicyclic) bond motifs is 1. The number of amides is 2. The maximum atomic E-state index is 13.1. The van der Waals surface area contributed by atoms with Crippen LogP contribution in [-0.2, 0) is 20.8 Å². The number of carbonyl (C=O) groups excluding carboxylic acids is 3. The van der Waals surface area contributed by atoms with E-state index in [1.165, 1.54) is 0 Å². The second-order valence-electron chi connectivity index (χ2n) is 8.99. The van der Waals surface area contributed by atoms with Gasteiger partial charge in [0.1, 0.15) is 0 Å². The summed E-state index contributed by atoms with van der Waals surface area (Å²) in [6, 6.07) is 3.53. The summed E-state index contributed by atoms with van der Waals surface area (Å²) in [4.78, 5) is 42.1. The highest BCUT2D eigenvalue weighted by Gasteiger charge is 2.33. The fourth-order valence-electron chi connectivity index (χ4n) is 4.50. The summed E-state index contributed by atoms with van der Waals surface area (Å²) < 4.78 is 0. The predicted molar refractivity (Wildman–Crippen MR) is 114 cm³/mol. The number of hydrogen-bond donors (Lipinski definition) is 2. The van der Waals surface area contributed by atoms with Crippen LogP contribution < -0.4 is 10.6 Å². The van der Waals surface area contributed by atoms with Gasteiger partial charge in [0.15, 0.2) is 5.78 Å². The number of rotatable bonds is 9. The SMILES string of the molecule is N#C[C@@H](CC(=O)[C@H](CC1CC1)NC(=O)C1=Cc2cnccc2C1)C[C@@H]1CCCNC1=O. The highest BCUT2D eigenvalue weighted by atomic mass is 16.2. The summed E-state index contributed by atoms with van der Waals surface area (Å²) in [5.74, 6) is -0.627.